The van der Waals surface area contributed by atoms with Crippen LogP contribution in [-0.2, 0) is 37.8 Å². The first-order valence-electron chi connectivity index (χ1n) is 11.2. The Morgan fingerprint density at radius 3 is 2.74 bits per heavy atom. The number of carbonyl (C=O) groups excluding carboxylic acids is 2. The average molecular weight is 584 g/mol. The van der Waals surface area contributed by atoms with E-state index in [9.17, 15) is 27.7 Å². The summed E-state index contributed by atoms with van der Waals surface area (Å²) in [5.41, 5.74) is 4.56. The first-order chi connectivity index (χ1) is 18.3. The summed E-state index contributed by atoms with van der Waals surface area (Å²) in [5, 5.41) is 38.5. The molecule has 2 fully saturated rings. The molecular formula is C19H25N11O7S2. The maximum atomic E-state index is 13.2. The van der Waals surface area contributed by atoms with Gasteiger partial charge in [0.2, 0.25) is 0 Å². The van der Waals surface area contributed by atoms with Crippen LogP contribution in [0.25, 0.3) is 0 Å². The number of rotatable bonds is 11. The number of aromatic nitrogens is 4. The second-order valence-electron chi connectivity index (χ2n) is 8.54. The van der Waals surface area contributed by atoms with Crippen LogP contribution in [0.3, 0.4) is 0 Å². The number of nitrogens with two attached hydrogens (primary N) is 1. The van der Waals surface area contributed by atoms with Crippen LogP contribution in [0, 0.1) is 5.41 Å². The molecule has 2 unspecified atom stereocenters. The summed E-state index contributed by atoms with van der Waals surface area (Å²) in [7, 11) is -3.42. The number of nitrogens with zero attached hydrogens (tertiary/aromatic N) is 6. The number of aliphatic hydroxyl groups is 1. The zero-order valence-electron chi connectivity index (χ0n) is 20.4. The SMILES string of the molecule is C=C(O)C1(O/N=C(\C(=O)NC2C(=O)N(S(=O)(=O)O)C2Cn2ncc(CNC(=N)NC)n2)c2csc(N)n2)CC1. The van der Waals surface area contributed by atoms with Gasteiger partial charge < -0.3 is 31.6 Å². The van der Waals surface area contributed by atoms with Crippen LogP contribution in [0.1, 0.15) is 24.2 Å². The van der Waals surface area contributed by atoms with Gasteiger partial charge in [-0.3, -0.25) is 19.6 Å². The Labute approximate surface area is 225 Å². The van der Waals surface area contributed by atoms with Gasteiger partial charge in [-0.2, -0.15) is 23.4 Å². The largest absolute Gasteiger partial charge is 0.509 e. The summed E-state index contributed by atoms with van der Waals surface area (Å²) in [6, 6.07) is -2.72. The van der Waals surface area contributed by atoms with Crippen LogP contribution < -0.4 is 21.7 Å². The van der Waals surface area contributed by atoms with Crippen molar-refractivity contribution >= 4 is 50.3 Å². The topological polar surface area (TPSA) is 263 Å². The molecule has 1 saturated carbocycles. The van der Waals surface area contributed by atoms with E-state index < -0.39 is 39.8 Å². The van der Waals surface area contributed by atoms with Gasteiger partial charge in [-0.05, 0) is 0 Å². The molecule has 1 aliphatic carbocycles. The fraction of sp³-hybridized carbons (Fsp3) is 0.421. The van der Waals surface area contributed by atoms with Gasteiger partial charge in [0, 0.05) is 25.3 Å². The number of guanidine groups is 1. The smallest absolute Gasteiger partial charge is 0.362 e. The summed E-state index contributed by atoms with van der Waals surface area (Å²) in [6.07, 6.45) is 2.19. The second-order valence-corrected chi connectivity index (χ2v) is 10.7. The molecule has 20 heteroatoms. The standard InChI is InChI=1S/C19H25N11O7S2/c1-9(31)19(3-4-19)37-28-13(11-8-38-18(21)25-11)15(32)26-14-12(30(16(14)33)39(34,35)36)7-29-24-6-10(27-29)5-23-17(20)22-2/h6,8,12,14,31H,1,3-5,7H2,2H3,(H2,21,25)(H,26,32)(H3,20,22,23)(H,34,35,36)/b28-13-. The van der Waals surface area contributed by atoms with Gasteiger partial charge in [-0.25, -0.2) is 9.29 Å². The molecule has 1 saturated heterocycles. The maximum Gasteiger partial charge on any atom is 0.362 e. The molecule has 39 heavy (non-hydrogen) atoms. The first-order valence-corrected chi connectivity index (χ1v) is 13.5. The van der Waals surface area contributed by atoms with Crippen molar-refractivity contribution in [2.75, 3.05) is 12.8 Å². The third-order valence-corrected chi connectivity index (χ3v) is 7.48. The number of hydrogen-bond donors (Lipinski definition) is 7. The molecule has 1 aliphatic heterocycles. The highest BCUT2D eigenvalue weighted by atomic mass is 32.2. The van der Waals surface area contributed by atoms with Crippen molar-refractivity contribution in [1.82, 2.24) is 40.2 Å². The van der Waals surface area contributed by atoms with Gasteiger partial charge >= 0.3 is 10.3 Å². The molecule has 2 atom stereocenters. The van der Waals surface area contributed by atoms with E-state index in [-0.39, 0.29) is 45.7 Å². The Balaban J connectivity index is 1.54. The summed E-state index contributed by atoms with van der Waals surface area (Å²) in [5.74, 6) is -2.30. The molecule has 2 aliphatic rings. The van der Waals surface area contributed by atoms with Crippen molar-refractivity contribution in [2.45, 2.75) is 43.6 Å². The van der Waals surface area contributed by atoms with Gasteiger partial charge in [0.15, 0.2) is 22.4 Å². The summed E-state index contributed by atoms with van der Waals surface area (Å²) < 4.78 is 33.5. The lowest BCUT2D eigenvalue weighted by atomic mass is 9.98. The minimum Gasteiger partial charge on any atom is -0.509 e. The van der Waals surface area contributed by atoms with E-state index >= 15 is 0 Å². The highest BCUT2D eigenvalue weighted by molar-refractivity contribution is 7.84. The number of carbonyl (C=O) groups is 2. The van der Waals surface area contributed by atoms with Gasteiger partial charge in [0.25, 0.3) is 11.8 Å². The Bertz CT molecular complexity index is 1450. The molecule has 0 bridgehead atoms. The molecule has 0 radical (unpaired) electrons. The summed E-state index contributed by atoms with van der Waals surface area (Å²) in [4.78, 5) is 36.3. The predicted octanol–water partition coefficient (Wildman–Crippen LogP) is -1.92. The highest BCUT2D eigenvalue weighted by Crippen LogP contribution is 2.44. The zero-order valence-corrected chi connectivity index (χ0v) is 22.0. The third-order valence-electron chi connectivity index (χ3n) is 5.86. The quantitative estimate of drug-likeness (QED) is 0.0380. The van der Waals surface area contributed by atoms with E-state index in [0.29, 0.717) is 18.5 Å². The molecular weight excluding hydrogens is 558 g/mol. The second kappa shape index (κ2) is 10.5. The van der Waals surface area contributed by atoms with Gasteiger partial charge in [-0.15, -0.1) is 11.3 Å². The van der Waals surface area contributed by atoms with Crippen molar-refractivity contribution in [3.8, 4) is 0 Å². The Morgan fingerprint density at radius 2 is 2.18 bits per heavy atom. The highest BCUT2D eigenvalue weighted by Gasteiger charge is 2.55. The van der Waals surface area contributed by atoms with Crippen LogP contribution in [0.15, 0.2) is 29.1 Å². The van der Waals surface area contributed by atoms with Crippen LogP contribution in [-0.4, -0.2) is 90.6 Å². The first kappa shape index (κ1) is 27.7. The lowest BCUT2D eigenvalue weighted by molar-refractivity contribution is -0.145. The lowest BCUT2D eigenvalue weighted by Crippen LogP contribution is -2.73. The molecule has 2 amide bonds. The van der Waals surface area contributed by atoms with Crippen molar-refractivity contribution < 1.29 is 32.5 Å². The average Bonchev–Trinajstić information content (AvgIpc) is 3.33. The van der Waals surface area contributed by atoms with Crippen molar-refractivity contribution in [3.05, 3.63) is 35.3 Å². The fourth-order valence-corrected chi connectivity index (χ4v) is 4.99. The molecule has 0 aromatic carbocycles. The van der Waals surface area contributed by atoms with Crippen molar-refractivity contribution in [2.24, 2.45) is 5.16 Å². The molecule has 18 nitrogen and oxygen atoms in total. The molecule has 2 aromatic rings. The summed E-state index contributed by atoms with van der Waals surface area (Å²) >= 11 is 1.01. The van der Waals surface area contributed by atoms with E-state index in [4.69, 9.17) is 16.0 Å². The number of oxime groups is 1. The number of β-lactam (4-membered cyclic amide) rings is 1. The van der Waals surface area contributed by atoms with Crippen LogP contribution in [0.2, 0.25) is 0 Å². The van der Waals surface area contributed by atoms with E-state index in [1.54, 1.807) is 7.05 Å². The lowest BCUT2D eigenvalue weighted by Gasteiger charge is -2.43. The third kappa shape index (κ3) is 5.91. The monoisotopic (exact) mass is 583 g/mol. The van der Waals surface area contributed by atoms with E-state index in [0.717, 1.165) is 16.1 Å². The molecule has 2 aromatic heterocycles. The Kier molecular flexibility index (Phi) is 7.44. The fourth-order valence-electron chi connectivity index (χ4n) is 3.57. The summed E-state index contributed by atoms with van der Waals surface area (Å²) in [6.45, 7) is 3.25. The van der Waals surface area contributed by atoms with Crippen LogP contribution >= 0.6 is 11.3 Å². The minimum atomic E-state index is -4.98. The number of thiazole rings is 1. The minimum absolute atomic E-state index is 0.0160. The van der Waals surface area contributed by atoms with Gasteiger partial charge in [0.05, 0.1) is 19.3 Å². The van der Waals surface area contributed by atoms with E-state index in [2.05, 4.69) is 42.9 Å². The number of nitrogen functional groups attached to an aromatic ring is 1. The Hall–Kier alpha value is -4.30. The van der Waals surface area contributed by atoms with Crippen molar-refractivity contribution in [1.29, 1.82) is 5.41 Å². The van der Waals surface area contributed by atoms with E-state index in [1.807, 2.05) is 0 Å². The van der Waals surface area contributed by atoms with E-state index in [1.165, 1.54) is 11.6 Å². The van der Waals surface area contributed by atoms with Crippen molar-refractivity contribution in [3.63, 3.8) is 0 Å². The zero-order chi connectivity index (χ0) is 28.5. The molecule has 0 spiro atoms. The predicted molar refractivity (Wildman–Crippen MR) is 136 cm³/mol. The molecule has 3 heterocycles. The van der Waals surface area contributed by atoms with Gasteiger partial charge in [0.1, 0.15) is 29.2 Å². The maximum absolute atomic E-state index is 13.2. The molecule has 4 rings (SSSR count). The molecule has 210 valence electrons. The number of anilines is 1. The number of hydrogen-bond acceptors (Lipinski definition) is 13. The van der Waals surface area contributed by atoms with Gasteiger partial charge in [-0.1, -0.05) is 11.7 Å². The van der Waals surface area contributed by atoms with Crippen LogP contribution in [0.4, 0.5) is 5.13 Å². The molecule has 8 N–H and O–H groups in total. The Morgan fingerprint density at radius 1 is 1.46 bits per heavy atom. The number of amides is 2. The number of nitrogens with one attached hydrogen (secondary N) is 4. The number of aliphatic hydroxyl groups excluding tert-OH is 1. The van der Waals surface area contributed by atoms with Crippen LogP contribution in [0.5, 0.6) is 0 Å². The normalized spacial score (nSPS) is 20.1.